The average molecular weight is 591 g/mol. The van der Waals surface area contributed by atoms with Gasteiger partial charge in [0.2, 0.25) is 0 Å². The fraction of sp³-hybridized carbons (Fsp3) is 0.0952. The first-order chi connectivity index (χ1) is 22.4. The molecule has 0 aliphatic rings. The van der Waals surface area contributed by atoms with Crippen molar-refractivity contribution in [2.45, 2.75) is 27.7 Å². The Morgan fingerprint density at radius 3 is 1.41 bits per heavy atom. The standard InChI is InChI=1S/C42H30N4/c1-25-11-9-12-26(2)39(25)45-36-17-7-5-15-32(36)34-22-35-33-16-6-8-18-37(33)46(40-27(3)13-10-14-28(40)4)42(35)38(41(34)45)31-20-19-29(23-43)21-30(31)24-44/h5-22H,1-4H3. The molecule has 0 aliphatic heterocycles. The minimum Gasteiger partial charge on any atom is -0.308 e. The van der Waals surface area contributed by atoms with Crippen LogP contribution < -0.4 is 0 Å². The third-order valence-electron chi connectivity index (χ3n) is 9.45. The van der Waals surface area contributed by atoms with Gasteiger partial charge >= 0.3 is 0 Å². The summed E-state index contributed by atoms with van der Waals surface area (Å²) in [5.74, 6) is 0. The van der Waals surface area contributed by atoms with E-state index in [0.29, 0.717) is 11.1 Å². The Morgan fingerprint density at radius 1 is 0.478 bits per heavy atom. The van der Waals surface area contributed by atoms with Gasteiger partial charge in [-0.1, -0.05) is 78.9 Å². The van der Waals surface area contributed by atoms with Crippen LogP contribution in [0.3, 0.4) is 0 Å². The molecule has 2 aromatic heterocycles. The Balaban J connectivity index is 1.75. The van der Waals surface area contributed by atoms with Crippen molar-refractivity contribution in [1.29, 1.82) is 10.5 Å². The SMILES string of the molecule is Cc1cccc(C)c1-n1c2ccccc2c2cc3c4ccccc4n(-c4c(C)cccc4C)c3c(-c3ccc(C#N)cc3C#N)c21. The molecule has 0 spiro atoms. The summed E-state index contributed by atoms with van der Waals surface area (Å²) in [5.41, 5.74) is 14.0. The molecule has 0 aliphatic carbocycles. The van der Waals surface area contributed by atoms with Crippen molar-refractivity contribution in [1.82, 2.24) is 9.13 Å². The predicted molar refractivity (Wildman–Crippen MR) is 189 cm³/mol. The van der Waals surface area contributed by atoms with Crippen LogP contribution in [0.5, 0.6) is 0 Å². The fourth-order valence-corrected chi connectivity index (χ4v) is 7.53. The highest BCUT2D eigenvalue weighted by atomic mass is 15.0. The van der Waals surface area contributed by atoms with E-state index < -0.39 is 0 Å². The van der Waals surface area contributed by atoms with Crippen LogP contribution in [-0.4, -0.2) is 9.13 Å². The van der Waals surface area contributed by atoms with Gasteiger partial charge < -0.3 is 9.13 Å². The average Bonchev–Trinajstić information content (AvgIpc) is 3.56. The maximum absolute atomic E-state index is 10.6. The molecule has 0 atom stereocenters. The summed E-state index contributed by atoms with van der Waals surface area (Å²) in [7, 11) is 0. The van der Waals surface area contributed by atoms with Crippen molar-refractivity contribution in [2.24, 2.45) is 0 Å². The number of hydrogen-bond acceptors (Lipinski definition) is 2. The van der Waals surface area contributed by atoms with Crippen molar-refractivity contribution in [3.63, 3.8) is 0 Å². The van der Waals surface area contributed by atoms with Gasteiger partial charge in [-0.15, -0.1) is 0 Å². The maximum atomic E-state index is 10.6. The lowest BCUT2D eigenvalue weighted by Crippen LogP contribution is -2.04. The molecule has 218 valence electrons. The third kappa shape index (κ3) is 3.78. The molecule has 6 aromatic carbocycles. The summed E-state index contributed by atoms with van der Waals surface area (Å²) in [4.78, 5) is 0. The maximum Gasteiger partial charge on any atom is 0.0998 e. The van der Waals surface area contributed by atoms with E-state index in [0.717, 1.165) is 66.1 Å². The molecule has 8 rings (SSSR count). The Labute approximate surface area is 267 Å². The van der Waals surface area contributed by atoms with Gasteiger partial charge in [-0.05, 0) is 80.3 Å². The van der Waals surface area contributed by atoms with E-state index in [1.54, 1.807) is 6.07 Å². The number of nitrogens with zero attached hydrogens (tertiary/aromatic N) is 4. The number of hydrogen-bond donors (Lipinski definition) is 0. The fourth-order valence-electron chi connectivity index (χ4n) is 7.53. The number of aromatic nitrogens is 2. The zero-order chi connectivity index (χ0) is 31.7. The molecule has 8 aromatic rings. The number of fused-ring (bicyclic) bond motifs is 6. The molecule has 0 fully saturated rings. The zero-order valence-corrected chi connectivity index (χ0v) is 26.2. The van der Waals surface area contributed by atoms with E-state index in [-0.39, 0.29) is 0 Å². The van der Waals surface area contributed by atoms with E-state index in [4.69, 9.17) is 0 Å². The molecule has 2 heterocycles. The van der Waals surface area contributed by atoms with Gasteiger partial charge in [-0.3, -0.25) is 0 Å². The molecule has 0 unspecified atom stereocenters. The van der Waals surface area contributed by atoms with E-state index in [2.05, 4.69) is 140 Å². The van der Waals surface area contributed by atoms with Gasteiger partial charge in [0.25, 0.3) is 0 Å². The van der Waals surface area contributed by atoms with E-state index in [9.17, 15) is 10.5 Å². The molecule has 0 bridgehead atoms. The monoisotopic (exact) mass is 590 g/mol. The van der Waals surface area contributed by atoms with Crippen LogP contribution in [0.1, 0.15) is 33.4 Å². The summed E-state index contributed by atoms with van der Waals surface area (Å²) in [6.45, 7) is 8.66. The first-order valence-corrected chi connectivity index (χ1v) is 15.5. The first-order valence-electron chi connectivity index (χ1n) is 15.5. The highest BCUT2D eigenvalue weighted by Gasteiger charge is 2.27. The van der Waals surface area contributed by atoms with E-state index in [1.165, 1.54) is 22.3 Å². The number of aryl methyl sites for hydroxylation is 4. The van der Waals surface area contributed by atoms with Crippen molar-refractivity contribution in [3.8, 4) is 34.6 Å². The Hall–Kier alpha value is -6.10. The van der Waals surface area contributed by atoms with Crippen LogP contribution >= 0.6 is 0 Å². The first kappa shape index (κ1) is 27.4. The topological polar surface area (TPSA) is 57.4 Å². The van der Waals surface area contributed by atoms with Crippen molar-refractivity contribution >= 4 is 43.6 Å². The molecular weight excluding hydrogens is 560 g/mol. The van der Waals surface area contributed by atoms with E-state index >= 15 is 0 Å². The van der Waals surface area contributed by atoms with Crippen LogP contribution in [0, 0.1) is 50.4 Å². The van der Waals surface area contributed by atoms with Crippen LogP contribution in [0.4, 0.5) is 0 Å². The molecule has 4 heteroatoms. The third-order valence-corrected chi connectivity index (χ3v) is 9.45. The number of para-hydroxylation sites is 4. The molecule has 0 radical (unpaired) electrons. The molecule has 4 nitrogen and oxygen atoms in total. The van der Waals surface area contributed by atoms with Crippen LogP contribution in [-0.2, 0) is 0 Å². The Bertz CT molecular complexity index is 2470. The van der Waals surface area contributed by atoms with Crippen LogP contribution in [0.15, 0.2) is 109 Å². The van der Waals surface area contributed by atoms with Gasteiger partial charge in [0.15, 0.2) is 0 Å². The van der Waals surface area contributed by atoms with Crippen LogP contribution in [0.2, 0.25) is 0 Å². The summed E-state index contributed by atoms with van der Waals surface area (Å²) < 4.78 is 4.80. The summed E-state index contributed by atoms with van der Waals surface area (Å²) in [5, 5.41) is 24.9. The van der Waals surface area contributed by atoms with E-state index in [1.807, 2.05) is 12.1 Å². The van der Waals surface area contributed by atoms with Gasteiger partial charge in [-0.2, -0.15) is 10.5 Å². The molecule has 46 heavy (non-hydrogen) atoms. The van der Waals surface area contributed by atoms with Gasteiger partial charge in [0.1, 0.15) is 0 Å². The largest absolute Gasteiger partial charge is 0.308 e. The quantitative estimate of drug-likeness (QED) is 0.206. The number of nitriles is 2. The highest BCUT2D eigenvalue weighted by molar-refractivity contribution is 6.26. The minimum absolute atomic E-state index is 0.467. The lowest BCUT2D eigenvalue weighted by Gasteiger charge is -2.20. The molecule has 0 amide bonds. The molecule has 0 saturated carbocycles. The molecule has 0 saturated heterocycles. The van der Waals surface area contributed by atoms with Crippen molar-refractivity contribution in [2.75, 3.05) is 0 Å². The van der Waals surface area contributed by atoms with Crippen molar-refractivity contribution in [3.05, 3.63) is 143 Å². The second kappa shape index (κ2) is 10.2. The normalized spacial score (nSPS) is 11.4. The summed E-state index contributed by atoms with van der Waals surface area (Å²) in [6.07, 6.45) is 0. The van der Waals surface area contributed by atoms with Crippen LogP contribution in [0.25, 0.3) is 66.1 Å². The smallest absolute Gasteiger partial charge is 0.0998 e. The zero-order valence-electron chi connectivity index (χ0n) is 26.2. The second-order valence-corrected chi connectivity index (χ2v) is 12.2. The highest BCUT2D eigenvalue weighted by Crippen LogP contribution is 2.48. The lowest BCUT2D eigenvalue weighted by molar-refractivity contribution is 1.11. The molecular formula is C42H30N4. The lowest BCUT2D eigenvalue weighted by atomic mass is 9.93. The van der Waals surface area contributed by atoms with Gasteiger partial charge in [0.05, 0.1) is 56.7 Å². The Kier molecular flexibility index (Phi) is 6.11. The number of rotatable bonds is 3. The predicted octanol–water partition coefficient (Wildman–Crippen LogP) is 10.5. The second-order valence-electron chi connectivity index (χ2n) is 12.2. The minimum atomic E-state index is 0.467. The summed E-state index contributed by atoms with van der Waals surface area (Å²) >= 11 is 0. The van der Waals surface area contributed by atoms with Crippen molar-refractivity contribution < 1.29 is 0 Å². The Morgan fingerprint density at radius 2 is 0.957 bits per heavy atom. The van der Waals surface area contributed by atoms with Gasteiger partial charge in [0, 0.05) is 32.7 Å². The number of benzene rings is 6. The van der Waals surface area contributed by atoms with Gasteiger partial charge in [-0.25, -0.2) is 0 Å². The summed E-state index contributed by atoms with van der Waals surface area (Å²) in [6, 6.07) is 42.6. The molecule has 0 N–H and O–H groups in total.